The summed E-state index contributed by atoms with van der Waals surface area (Å²) in [5.41, 5.74) is 0. The highest BCUT2D eigenvalue weighted by molar-refractivity contribution is 7.10. The maximum absolute atomic E-state index is 11.8. The molecule has 3 nitrogen and oxygen atoms in total. The first kappa shape index (κ1) is 13.9. The standard InChI is InChI=1S/C14H13ClO3S/c1-17-14(16)12(13-3-2-8-19-13)9-18-11-6-4-10(15)5-7-11/h2-8,12H,9H2,1H3. The molecule has 2 aromatic rings. The number of benzene rings is 1. The molecule has 0 aliphatic rings. The van der Waals surface area contributed by atoms with Crippen LogP contribution in [0.25, 0.3) is 0 Å². The summed E-state index contributed by atoms with van der Waals surface area (Å²) < 4.78 is 10.4. The lowest BCUT2D eigenvalue weighted by Gasteiger charge is -2.14. The SMILES string of the molecule is COC(=O)C(COc1ccc(Cl)cc1)c1cccs1. The summed E-state index contributed by atoms with van der Waals surface area (Å²) in [5.74, 6) is -0.0213. The molecule has 0 amide bonds. The Bertz CT molecular complexity index is 522. The summed E-state index contributed by atoms with van der Waals surface area (Å²) in [6.07, 6.45) is 0. The van der Waals surface area contributed by atoms with Crippen molar-refractivity contribution in [3.8, 4) is 5.75 Å². The molecule has 0 radical (unpaired) electrons. The zero-order valence-electron chi connectivity index (χ0n) is 10.3. The second kappa shape index (κ2) is 6.59. The molecule has 0 saturated heterocycles. The van der Waals surface area contributed by atoms with Gasteiger partial charge in [-0.15, -0.1) is 11.3 Å². The van der Waals surface area contributed by atoms with Crippen molar-refractivity contribution < 1.29 is 14.3 Å². The van der Waals surface area contributed by atoms with Crippen molar-refractivity contribution in [3.05, 3.63) is 51.7 Å². The van der Waals surface area contributed by atoms with Crippen LogP contribution in [0, 0.1) is 0 Å². The van der Waals surface area contributed by atoms with Gasteiger partial charge in [0.1, 0.15) is 18.3 Å². The highest BCUT2D eigenvalue weighted by atomic mass is 35.5. The van der Waals surface area contributed by atoms with Crippen LogP contribution in [0.1, 0.15) is 10.8 Å². The molecule has 0 fully saturated rings. The summed E-state index contributed by atoms with van der Waals surface area (Å²) in [7, 11) is 1.38. The van der Waals surface area contributed by atoms with E-state index in [0.29, 0.717) is 10.8 Å². The smallest absolute Gasteiger partial charge is 0.317 e. The molecule has 0 bridgehead atoms. The Morgan fingerprint density at radius 3 is 2.63 bits per heavy atom. The minimum absolute atomic E-state index is 0.245. The van der Waals surface area contributed by atoms with Gasteiger partial charge in [-0.3, -0.25) is 4.79 Å². The summed E-state index contributed by atoms with van der Waals surface area (Å²) in [6.45, 7) is 0.245. The number of carbonyl (C=O) groups excluding carboxylic acids is 1. The van der Waals surface area contributed by atoms with Crippen LogP contribution in [-0.4, -0.2) is 19.7 Å². The lowest BCUT2D eigenvalue weighted by Crippen LogP contribution is -2.20. The Hall–Kier alpha value is -1.52. The highest BCUT2D eigenvalue weighted by Gasteiger charge is 2.23. The molecule has 1 heterocycles. The lowest BCUT2D eigenvalue weighted by molar-refractivity contribution is -0.143. The van der Waals surface area contributed by atoms with E-state index in [0.717, 1.165) is 4.88 Å². The summed E-state index contributed by atoms with van der Waals surface area (Å²) in [5, 5.41) is 2.57. The minimum Gasteiger partial charge on any atom is -0.492 e. The Kier molecular flexibility index (Phi) is 4.82. The average molecular weight is 297 g/mol. The number of methoxy groups -OCH3 is 1. The van der Waals surface area contributed by atoms with Gasteiger partial charge in [0.15, 0.2) is 0 Å². The first-order chi connectivity index (χ1) is 9.20. The molecule has 100 valence electrons. The van der Waals surface area contributed by atoms with E-state index >= 15 is 0 Å². The molecule has 0 N–H and O–H groups in total. The van der Waals surface area contributed by atoms with E-state index in [1.807, 2.05) is 17.5 Å². The van der Waals surface area contributed by atoms with Gasteiger partial charge < -0.3 is 9.47 Å². The van der Waals surface area contributed by atoms with Crippen LogP contribution >= 0.6 is 22.9 Å². The Morgan fingerprint density at radius 2 is 2.05 bits per heavy atom. The highest BCUT2D eigenvalue weighted by Crippen LogP contribution is 2.24. The van der Waals surface area contributed by atoms with E-state index in [2.05, 4.69) is 0 Å². The third-order valence-corrected chi connectivity index (χ3v) is 3.84. The van der Waals surface area contributed by atoms with Gasteiger partial charge in [-0.1, -0.05) is 17.7 Å². The van der Waals surface area contributed by atoms with Crippen molar-refractivity contribution in [2.45, 2.75) is 5.92 Å². The minimum atomic E-state index is -0.402. The number of esters is 1. The molecule has 2 rings (SSSR count). The number of rotatable bonds is 5. The normalized spacial score (nSPS) is 11.9. The van der Waals surface area contributed by atoms with Gasteiger partial charge in [0, 0.05) is 9.90 Å². The molecular weight excluding hydrogens is 284 g/mol. The molecule has 19 heavy (non-hydrogen) atoms. The van der Waals surface area contributed by atoms with Gasteiger partial charge >= 0.3 is 5.97 Å². The topological polar surface area (TPSA) is 35.5 Å². The Labute approximate surface area is 120 Å². The fourth-order valence-electron chi connectivity index (χ4n) is 1.61. The fourth-order valence-corrected chi connectivity index (χ4v) is 2.53. The quantitative estimate of drug-likeness (QED) is 0.789. The van der Waals surface area contributed by atoms with Crippen LogP contribution < -0.4 is 4.74 Å². The predicted octanol–water partition coefficient (Wildman–Crippen LogP) is 3.74. The van der Waals surface area contributed by atoms with Crippen molar-refractivity contribution in [1.29, 1.82) is 0 Å². The van der Waals surface area contributed by atoms with E-state index in [4.69, 9.17) is 21.1 Å². The van der Waals surface area contributed by atoms with Crippen LogP contribution in [-0.2, 0) is 9.53 Å². The molecular formula is C14H13ClO3S. The van der Waals surface area contributed by atoms with Crippen LogP contribution in [0.4, 0.5) is 0 Å². The van der Waals surface area contributed by atoms with E-state index in [-0.39, 0.29) is 12.6 Å². The first-order valence-corrected chi connectivity index (χ1v) is 6.96. The van der Waals surface area contributed by atoms with Crippen LogP contribution in [0.2, 0.25) is 5.02 Å². The van der Waals surface area contributed by atoms with Gasteiger partial charge in [-0.25, -0.2) is 0 Å². The van der Waals surface area contributed by atoms with Gasteiger partial charge in [-0.05, 0) is 35.7 Å². The van der Waals surface area contributed by atoms with E-state index in [9.17, 15) is 4.79 Å². The first-order valence-electron chi connectivity index (χ1n) is 5.70. The number of thiophene rings is 1. The van der Waals surface area contributed by atoms with Crippen LogP contribution in [0.3, 0.4) is 0 Å². The van der Waals surface area contributed by atoms with Crippen LogP contribution in [0.5, 0.6) is 5.75 Å². The summed E-state index contributed by atoms with van der Waals surface area (Å²) in [4.78, 5) is 12.7. The summed E-state index contributed by atoms with van der Waals surface area (Å²) >= 11 is 7.31. The molecule has 1 aromatic heterocycles. The number of carbonyl (C=O) groups is 1. The molecule has 0 saturated carbocycles. The maximum atomic E-state index is 11.8. The number of hydrogen-bond donors (Lipinski definition) is 0. The second-order valence-corrected chi connectivity index (χ2v) is 5.27. The second-order valence-electron chi connectivity index (χ2n) is 3.86. The largest absolute Gasteiger partial charge is 0.492 e. The van der Waals surface area contributed by atoms with E-state index in [1.165, 1.54) is 18.4 Å². The van der Waals surface area contributed by atoms with Gasteiger partial charge in [0.2, 0.25) is 0 Å². The number of hydrogen-bond acceptors (Lipinski definition) is 4. The molecule has 1 unspecified atom stereocenters. The van der Waals surface area contributed by atoms with Crippen molar-refractivity contribution in [3.63, 3.8) is 0 Å². The van der Waals surface area contributed by atoms with Crippen molar-refractivity contribution in [2.75, 3.05) is 13.7 Å². The maximum Gasteiger partial charge on any atom is 0.317 e. The molecule has 1 atom stereocenters. The molecule has 0 aliphatic heterocycles. The molecule has 5 heteroatoms. The summed E-state index contributed by atoms with van der Waals surface area (Å²) in [6, 6.07) is 10.8. The zero-order valence-corrected chi connectivity index (χ0v) is 11.9. The number of halogens is 1. The fraction of sp³-hybridized carbons (Fsp3) is 0.214. The number of ether oxygens (including phenoxy) is 2. The van der Waals surface area contributed by atoms with Crippen molar-refractivity contribution >= 4 is 28.9 Å². The lowest BCUT2D eigenvalue weighted by atomic mass is 10.1. The Morgan fingerprint density at radius 1 is 1.32 bits per heavy atom. The van der Waals surface area contributed by atoms with Gasteiger partial charge in [0.05, 0.1) is 7.11 Å². The predicted molar refractivity (Wildman–Crippen MR) is 76.0 cm³/mol. The van der Waals surface area contributed by atoms with Crippen molar-refractivity contribution in [2.24, 2.45) is 0 Å². The van der Waals surface area contributed by atoms with E-state index in [1.54, 1.807) is 24.3 Å². The van der Waals surface area contributed by atoms with Crippen molar-refractivity contribution in [1.82, 2.24) is 0 Å². The third-order valence-electron chi connectivity index (χ3n) is 2.60. The van der Waals surface area contributed by atoms with Gasteiger partial charge in [-0.2, -0.15) is 0 Å². The molecule has 1 aromatic carbocycles. The third kappa shape index (κ3) is 3.72. The molecule has 0 aliphatic carbocycles. The van der Waals surface area contributed by atoms with Gasteiger partial charge in [0.25, 0.3) is 0 Å². The monoisotopic (exact) mass is 296 g/mol. The molecule has 0 spiro atoms. The average Bonchev–Trinajstić information content (AvgIpc) is 2.94. The Balaban J connectivity index is 2.05. The zero-order chi connectivity index (χ0) is 13.7. The van der Waals surface area contributed by atoms with E-state index < -0.39 is 5.92 Å². The van der Waals surface area contributed by atoms with Crippen LogP contribution in [0.15, 0.2) is 41.8 Å².